The van der Waals surface area contributed by atoms with Gasteiger partial charge >= 0.3 is 5.97 Å². The highest BCUT2D eigenvalue weighted by atomic mass is 16.5. The number of carboxylic acids is 1. The van der Waals surface area contributed by atoms with Gasteiger partial charge in [-0.25, -0.2) is 0 Å². The lowest BCUT2D eigenvalue weighted by atomic mass is 10.0. The number of carbonyl (C=O) groups is 2. The molecule has 2 aromatic rings. The molecule has 2 N–H and O–H groups in total. The molecule has 7 nitrogen and oxygen atoms in total. The number of amides is 1. The van der Waals surface area contributed by atoms with E-state index in [0.29, 0.717) is 11.7 Å². The fourth-order valence-electron chi connectivity index (χ4n) is 1.93. The first-order chi connectivity index (χ1) is 10.9. The molecule has 122 valence electrons. The van der Waals surface area contributed by atoms with Crippen LogP contribution in [0.1, 0.15) is 25.3 Å². The van der Waals surface area contributed by atoms with Crippen molar-refractivity contribution < 1.29 is 19.4 Å². The van der Waals surface area contributed by atoms with Crippen LogP contribution in [-0.4, -0.2) is 33.4 Å². The highest BCUT2D eigenvalue weighted by Gasteiger charge is 2.08. The normalized spacial score (nSPS) is 10.6. The molecule has 0 unspecified atom stereocenters. The Hall–Kier alpha value is -2.83. The second-order valence-electron chi connectivity index (χ2n) is 5.35. The van der Waals surface area contributed by atoms with Crippen molar-refractivity contribution >= 4 is 17.7 Å². The maximum Gasteiger partial charge on any atom is 0.325 e. The number of anilines is 1. The number of aliphatic carboxylic acids is 1. The summed E-state index contributed by atoms with van der Waals surface area (Å²) in [5, 5.41) is 15.1. The van der Waals surface area contributed by atoms with Crippen LogP contribution in [-0.2, 0) is 16.1 Å². The molecule has 0 aliphatic heterocycles. The van der Waals surface area contributed by atoms with Gasteiger partial charge in [-0.3, -0.25) is 14.3 Å². The predicted octanol–water partition coefficient (Wildman–Crippen LogP) is 2.11. The average Bonchev–Trinajstić information content (AvgIpc) is 2.91. The van der Waals surface area contributed by atoms with Crippen LogP contribution in [0.15, 0.2) is 36.5 Å². The number of aromatic nitrogens is 2. The molecule has 23 heavy (non-hydrogen) atoms. The van der Waals surface area contributed by atoms with Crippen molar-refractivity contribution in [3.8, 4) is 5.75 Å². The molecule has 0 aliphatic carbocycles. The number of nitrogens with zero attached hydrogens (tertiary/aromatic N) is 2. The Kier molecular flexibility index (Phi) is 5.35. The minimum absolute atomic E-state index is 0.146. The molecule has 0 saturated heterocycles. The van der Waals surface area contributed by atoms with Crippen LogP contribution < -0.4 is 10.1 Å². The molecule has 1 heterocycles. The molecule has 0 radical (unpaired) electrons. The molecule has 0 spiro atoms. The standard InChI is InChI=1S/C16H19N3O4/c1-11(2)12-3-5-13(6-4-12)23-10-15(20)17-14-7-8-19(18-14)9-16(21)22/h3-8,11H,9-10H2,1-2H3,(H,21,22)(H,17,18,20). The maximum absolute atomic E-state index is 11.8. The largest absolute Gasteiger partial charge is 0.484 e. The Labute approximate surface area is 133 Å². The van der Waals surface area contributed by atoms with Crippen molar-refractivity contribution in [2.45, 2.75) is 26.3 Å². The van der Waals surface area contributed by atoms with Crippen LogP contribution in [0, 0.1) is 0 Å². The lowest BCUT2D eigenvalue weighted by molar-refractivity contribution is -0.137. The van der Waals surface area contributed by atoms with E-state index in [9.17, 15) is 9.59 Å². The highest BCUT2D eigenvalue weighted by molar-refractivity contribution is 5.90. The minimum Gasteiger partial charge on any atom is -0.484 e. The summed E-state index contributed by atoms with van der Waals surface area (Å²) >= 11 is 0. The van der Waals surface area contributed by atoms with Gasteiger partial charge in [0.25, 0.3) is 5.91 Å². The molecule has 0 aliphatic rings. The Balaban J connectivity index is 1.82. The first-order valence-electron chi connectivity index (χ1n) is 7.22. The van der Waals surface area contributed by atoms with Gasteiger partial charge in [-0.15, -0.1) is 0 Å². The zero-order valence-corrected chi connectivity index (χ0v) is 13.0. The lowest BCUT2D eigenvalue weighted by Gasteiger charge is -2.08. The van der Waals surface area contributed by atoms with E-state index < -0.39 is 5.97 Å². The summed E-state index contributed by atoms with van der Waals surface area (Å²) in [5.41, 5.74) is 1.20. The zero-order valence-electron chi connectivity index (χ0n) is 13.0. The first kappa shape index (κ1) is 16.5. The number of hydrogen-bond acceptors (Lipinski definition) is 4. The van der Waals surface area contributed by atoms with Gasteiger partial charge in [0.1, 0.15) is 12.3 Å². The molecular formula is C16H19N3O4. The third kappa shape index (κ3) is 5.14. The second kappa shape index (κ2) is 7.44. The van der Waals surface area contributed by atoms with Crippen LogP contribution in [0.2, 0.25) is 0 Å². The summed E-state index contributed by atoms with van der Waals surface area (Å²) in [6, 6.07) is 9.10. The summed E-state index contributed by atoms with van der Waals surface area (Å²) in [6.45, 7) is 3.81. The first-order valence-corrected chi connectivity index (χ1v) is 7.22. The van der Waals surface area contributed by atoms with E-state index in [1.165, 1.54) is 22.5 Å². The van der Waals surface area contributed by atoms with Crippen molar-refractivity contribution in [3.05, 3.63) is 42.1 Å². The van der Waals surface area contributed by atoms with E-state index in [-0.39, 0.29) is 24.9 Å². The molecule has 1 aromatic heterocycles. The Morgan fingerprint density at radius 2 is 1.96 bits per heavy atom. The third-order valence-electron chi connectivity index (χ3n) is 3.12. The molecule has 0 fully saturated rings. The fourth-order valence-corrected chi connectivity index (χ4v) is 1.93. The zero-order chi connectivity index (χ0) is 16.8. The van der Waals surface area contributed by atoms with Gasteiger partial charge in [0.2, 0.25) is 0 Å². The summed E-state index contributed by atoms with van der Waals surface area (Å²) in [5.74, 6) is -0.0260. The number of carbonyl (C=O) groups excluding carboxylic acids is 1. The summed E-state index contributed by atoms with van der Waals surface area (Å²) in [6.07, 6.45) is 1.48. The molecule has 2 rings (SSSR count). The van der Waals surface area contributed by atoms with E-state index in [4.69, 9.17) is 9.84 Å². The van der Waals surface area contributed by atoms with E-state index in [1.807, 2.05) is 24.3 Å². The molecule has 0 atom stereocenters. The molecular weight excluding hydrogens is 298 g/mol. The summed E-state index contributed by atoms with van der Waals surface area (Å²) in [7, 11) is 0. The van der Waals surface area contributed by atoms with Crippen LogP contribution in [0.4, 0.5) is 5.82 Å². The average molecular weight is 317 g/mol. The monoisotopic (exact) mass is 317 g/mol. The van der Waals surface area contributed by atoms with E-state index in [0.717, 1.165) is 0 Å². The number of benzene rings is 1. The summed E-state index contributed by atoms with van der Waals surface area (Å²) in [4.78, 5) is 22.3. The van der Waals surface area contributed by atoms with Gasteiger partial charge in [-0.1, -0.05) is 26.0 Å². The van der Waals surface area contributed by atoms with E-state index in [1.54, 1.807) is 0 Å². The van der Waals surface area contributed by atoms with Crippen molar-refractivity contribution in [1.29, 1.82) is 0 Å². The van der Waals surface area contributed by atoms with Gasteiger partial charge in [-0.2, -0.15) is 5.10 Å². The van der Waals surface area contributed by atoms with Gasteiger partial charge in [0.15, 0.2) is 12.4 Å². The van der Waals surface area contributed by atoms with Gasteiger partial charge in [0, 0.05) is 12.3 Å². The number of rotatable bonds is 7. The quantitative estimate of drug-likeness (QED) is 0.816. The lowest BCUT2D eigenvalue weighted by Crippen LogP contribution is -2.20. The fraction of sp³-hybridized carbons (Fsp3) is 0.312. The SMILES string of the molecule is CC(C)c1ccc(OCC(=O)Nc2ccn(CC(=O)O)n2)cc1. The molecule has 1 aromatic carbocycles. The van der Waals surface area contributed by atoms with Crippen molar-refractivity contribution in [3.63, 3.8) is 0 Å². The molecule has 0 saturated carbocycles. The predicted molar refractivity (Wildman–Crippen MR) is 84.5 cm³/mol. The smallest absolute Gasteiger partial charge is 0.325 e. The van der Waals surface area contributed by atoms with Crippen molar-refractivity contribution in [2.24, 2.45) is 0 Å². The number of carboxylic acid groups (broad SMARTS) is 1. The van der Waals surface area contributed by atoms with E-state index in [2.05, 4.69) is 24.3 Å². The Morgan fingerprint density at radius 3 is 2.57 bits per heavy atom. The summed E-state index contributed by atoms with van der Waals surface area (Å²) < 4.78 is 6.63. The van der Waals surface area contributed by atoms with Gasteiger partial charge in [0.05, 0.1) is 0 Å². The van der Waals surface area contributed by atoms with Crippen molar-refractivity contribution in [2.75, 3.05) is 11.9 Å². The second-order valence-corrected chi connectivity index (χ2v) is 5.35. The topological polar surface area (TPSA) is 93.5 Å². The minimum atomic E-state index is -1.00. The highest BCUT2D eigenvalue weighted by Crippen LogP contribution is 2.18. The maximum atomic E-state index is 11.8. The number of ether oxygens (including phenoxy) is 1. The van der Waals surface area contributed by atoms with Gasteiger partial charge in [-0.05, 0) is 23.6 Å². The van der Waals surface area contributed by atoms with Crippen LogP contribution in [0.5, 0.6) is 5.75 Å². The molecule has 0 bridgehead atoms. The Morgan fingerprint density at radius 1 is 1.26 bits per heavy atom. The molecule has 1 amide bonds. The number of nitrogens with one attached hydrogen (secondary N) is 1. The number of hydrogen-bond donors (Lipinski definition) is 2. The molecule has 7 heteroatoms. The van der Waals surface area contributed by atoms with Crippen LogP contribution >= 0.6 is 0 Å². The van der Waals surface area contributed by atoms with Gasteiger partial charge < -0.3 is 15.2 Å². The third-order valence-corrected chi connectivity index (χ3v) is 3.12. The Bertz CT molecular complexity index is 677. The van der Waals surface area contributed by atoms with Crippen LogP contribution in [0.25, 0.3) is 0 Å². The van der Waals surface area contributed by atoms with Crippen LogP contribution in [0.3, 0.4) is 0 Å². The van der Waals surface area contributed by atoms with Crippen molar-refractivity contribution in [1.82, 2.24) is 9.78 Å². The van der Waals surface area contributed by atoms with E-state index >= 15 is 0 Å².